The van der Waals surface area contributed by atoms with Gasteiger partial charge in [0.2, 0.25) is 5.88 Å². The number of hydrogen-bond acceptors (Lipinski definition) is 5. The number of rotatable bonds is 6. The molecule has 2 rings (SSSR count). The van der Waals surface area contributed by atoms with Crippen LogP contribution in [0.1, 0.15) is 28.1 Å². The number of hydrogen-bond donors (Lipinski definition) is 1. The van der Waals surface area contributed by atoms with Crippen LogP contribution in [0.4, 0.5) is 0 Å². The molecule has 0 unspecified atom stereocenters. The topological polar surface area (TPSA) is 52.0 Å². The molecule has 2 aromatic heterocycles. The Bertz CT molecular complexity index is 547. The van der Waals surface area contributed by atoms with E-state index in [9.17, 15) is 0 Å². The molecule has 0 saturated heterocycles. The van der Waals surface area contributed by atoms with Crippen molar-refractivity contribution >= 4 is 11.3 Å². The highest BCUT2D eigenvalue weighted by Gasteiger charge is 2.13. The predicted octanol–water partition coefficient (Wildman–Crippen LogP) is 2.05. The second-order valence-electron chi connectivity index (χ2n) is 4.37. The molecule has 0 amide bonds. The van der Waals surface area contributed by atoms with E-state index in [1.165, 1.54) is 4.88 Å². The van der Waals surface area contributed by atoms with Gasteiger partial charge >= 0.3 is 0 Å². The van der Waals surface area contributed by atoms with Crippen molar-refractivity contribution in [2.75, 3.05) is 7.11 Å². The summed E-state index contributed by atoms with van der Waals surface area (Å²) in [4.78, 5) is 5.72. The Labute approximate surface area is 117 Å². The average molecular weight is 280 g/mol. The SMILES string of the molecule is CCc1cnc(CNCc2c(C)nn(C)c2OC)s1. The van der Waals surface area contributed by atoms with Gasteiger partial charge in [-0.3, -0.25) is 0 Å². The molecule has 1 N–H and O–H groups in total. The third kappa shape index (κ3) is 3.13. The van der Waals surface area contributed by atoms with Gasteiger partial charge in [-0.05, 0) is 13.3 Å². The van der Waals surface area contributed by atoms with E-state index in [1.807, 2.05) is 20.2 Å². The van der Waals surface area contributed by atoms with E-state index in [4.69, 9.17) is 4.74 Å². The van der Waals surface area contributed by atoms with Crippen molar-refractivity contribution in [1.29, 1.82) is 0 Å². The molecule has 5 nitrogen and oxygen atoms in total. The third-order valence-corrected chi connectivity index (χ3v) is 4.15. The number of aryl methyl sites for hydroxylation is 3. The Balaban J connectivity index is 1.95. The van der Waals surface area contributed by atoms with Crippen molar-refractivity contribution in [2.24, 2.45) is 7.05 Å². The molecule has 0 aliphatic heterocycles. The summed E-state index contributed by atoms with van der Waals surface area (Å²) in [6, 6.07) is 0. The zero-order valence-electron chi connectivity index (χ0n) is 11.9. The molecule has 0 aromatic carbocycles. The molecule has 0 fully saturated rings. The molecule has 2 heterocycles. The Kier molecular flexibility index (Phi) is 4.55. The summed E-state index contributed by atoms with van der Waals surface area (Å²) in [6.45, 7) is 5.67. The molecule has 0 aliphatic carbocycles. The molecule has 0 radical (unpaired) electrons. The molecule has 19 heavy (non-hydrogen) atoms. The van der Waals surface area contributed by atoms with E-state index >= 15 is 0 Å². The molecule has 0 saturated carbocycles. The Morgan fingerprint density at radius 2 is 2.21 bits per heavy atom. The highest BCUT2D eigenvalue weighted by atomic mass is 32.1. The van der Waals surface area contributed by atoms with Gasteiger partial charge in [-0.1, -0.05) is 6.92 Å². The first kappa shape index (κ1) is 14.0. The first-order valence-corrected chi connectivity index (χ1v) is 7.18. The first-order valence-electron chi connectivity index (χ1n) is 6.36. The fourth-order valence-electron chi connectivity index (χ4n) is 2.03. The maximum atomic E-state index is 5.37. The van der Waals surface area contributed by atoms with Gasteiger partial charge in [0.25, 0.3) is 0 Å². The van der Waals surface area contributed by atoms with E-state index in [1.54, 1.807) is 23.1 Å². The second kappa shape index (κ2) is 6.16. The monoisotopic (exact) mass is 280 g/mol. The van der Waals surface area contributed by atoms with Crippen molar-refractivity contribution in [3.63, 3.8) is 0 Å². The lowest BCUT2D eigenvalue weighted by Gasteiger charge is -2.05. The number of methoxy groups -OCH3 is 1. The average Bonchev–Trinajstić information content (AvgIpc) is 2.95. The highest BCUT2D eigenvalue weighted by Crippen LogP contribution is 2.20. The van der Waals surface area contributed by atoms with Gasteiger partial charge in [0.1, 0.15) is 5.01 Å². The van der Waals surface area contributed by atoms with Gasteiger partial charge < -0.3 is 10.1 Å². The summed E-state index contributed by atoms with van der Waals surface area (Å²) in [7, 11) is 3.57. The van der Waals surface area contributed by atoms with Crippen LogP contribution in [-0.2, 0) is 26.6 Å². The lowest BCUT2D eigenvalue weighted by molar-refractivity contribution is 0.368. The molecule has 6 heteroatoms. The van der Waals surface area contributed by atoms with Crippen LogP contribution in [0.5, 0.6) is 5.88 Å². The van der Waals surface area contributed by atoms with Gasteiger partial charge in [0, 0.05) is 31.2 Å². The van der Waals surface area contributed by atoms with Gasteiger partial charge in [-0.25, -0.2) is 9.67 Å². The minimum absolute atomic E-state index is 0.740. The summed E-state index contributed by atoms with van der Waals surface area (Å²) in [5.41, 5.74) is 2.11. The standard InChI is InChI=1S/C13H20N4OS/c1-5-10-6-15-12(19-10)8-14-7-11-9(2)16-17(3)13(11)18-4/h6,14H,5,7-8H2,1-4H3. The van der Waals surface area contributed by atoms with Crippen LogP contribution < -0.4 is 10.1 Å². The fraction of sp³-hybridized carbons (Fsp3) is 0.538. The zero-order valence-corrected chi connectivity index (χ0v) is 12.7. The second-order valence-corrected chi connectivity index (χ2v) is 5.57. The van der Waals surface area contributed by atoms with Gasteiger partial charge in [0.05, 0.1) is 18.4 Å². The smallest absolute Gasteiger partial charge is 0.216 e. The zero-order chi connectivity index (χ0) is 13.8. The summed E-state index contributed by atoms with van der Waals surface area (Å²) >= 11 is 1.76. The normalized spacial score (nSPS) is 10.9. The first-order chi connectivity index (χ1) is 9.15. The Hall–Kier alpha value is -1.40. The summed E-state index contributed by atoms with van der Waals surface area (Å²) in [5, 5.41) is 8.88. The number of ether oxygens (including phenoxy) is 1. The lowest BCUT2D eigenvalue weighted by atomic mass is 10.2. The Morgan fingerprint density at radius 1 is 1.42 bits per heavy atom. The number of nitrogens with one attached hydrogen (secondary N) is 1. The van der Waals surface area contributed by atoms with Crippen molar-refractivity contribution in [2.45, 2.75) is 33.4 Å². The van der Waals surface area contributed by atoms with E-state index in [0.29, 0.717) is 0 Å². The van der Waals surface area contributed by atoms with E-state index in [-0.39, 0.29) is 0 Å². The van der Waals surface area contributed by atoms with Crippen molar-refractivity contribution in [1.82, 2.24) is 20.1 Å². The molecule has 0 bridgehead atoms. The van der Waals surface area contributed by atoms with Crippen molar-refractivity contribution in [3.8, 4) is 5.88 Å². The van der Waals surface area contributed by atoms with Crippen LogP contribution in [0.2, 0.25) is 0 Å². The van der Waals surface area contributed by atoms with Crippen LogP contribution in [0.15, 0.2) is 6.20 Å². The van der Waals surface area contributed by atoms with Crippen molar-refractivity contribution < 1.29 is 4.74 Å². The van der Waals surface area contributed by atoms with E-state index in [2.05, 4.69) is 22.3 Å². The summed E-state index contributed by atoms with van der Waals surface area (Å²) in [6.07, 6.45) is 3.00. The van der Waals surface area contributed by atoms with Gasteiger partial charge in [-0.2, -0.15) is 5.10 Å². The number of aromatic nitrogens is 3. The number of thiazole rings is 1. The fourth-order valence-corrected chi connectivity index (χ4v) is 2.86. The van der Waals surface area contributed by atoms with Crippen LogP contribution in [0, 0.1) is 6.92 Å². The lowest BCUT2D eigenvalue weighted by Crippen LogP contribution is -2.13. The molecular formula is C13H20N4OS. The Morgan fingerprint density at radius 3 is 2.84 bits per heavy atom. The molecule has 2 aromatic rings. The van der Waals surface area contributed by atoms with E-state index in [0.717, 1.165) is 41.7 Å². The molecule has 0 spiro atoms. The number of nitrogens with zero attached hydrogens (tertiary/aromatic N) is 3. The minimum Gasteiger partial charge on any atom is -0.481 e. The molecule has 0 aliphatic rings. The predicted molar refractivity (Wildman–Crippen MR) is 76.5 cm³/mol. The summed E-state index contributed by atoms with van der Waals surface area (Å²) < 4.78 is 7.14. The quantitative estimate of drug-likeness (QED) is 0.880. The summed E-state index contributed by atoms with van der Waals surface area (Å²) in [5.74, 6) is 0.818. The molecule has 104 valence electrons. The highest BCUT2D eigenvalue weighted by molar-refractivity contribution is 7.11. The van der Waals surface area contributed by atoms with Crippen LogP contribution in [0.25, 0.3) is 0 Å². The van der Waals surface area contributed by atoms with Gasteiger partial charge in [0.15, 0.2) is 0 Å². The maximum Gasteiger partial charge on any atom is 0.216 e. The van der Waals surface area contributed by atoms with Crippen molar-refractivity contribution in [3.05, 3.63) is 27.3 Å². The minimum atomic E-state index is 0.740. The van der Waals surface area contributed by atoms with Crippen LogP contribution in [-0.4, -0.2) is 21.9 Å². The van der Waals surface area contributed by atoms with Gasteiger partial charge in [-0.15, -0.1) is 11.3 Å². The largest absolute Gasteiger partial charge is 0.481 e. The third-order valence-electron chi connectivity index (χ3n) is 3.01. The molecule has 0 atom stereocenters. The molecular weight excluding hydrogens is 260 g/mol. The van der Waals surface area contributed by atoms with E-state index < -0.39 is 0 Å². The van der Waals surface area contributed by atoms with Crippen LogP contribution in [0.3, 0.4) is 0 Å². The maximum absolute atomic E-state index is 5.37. The van der Waals surface area contributed by atoms with Crippen LogP contribution >= 0.6 is 11.3 Å².